The largest absolute Gasteiger partial charge is 0.453 e. The monoisotopic (exact) mass is 240 g/mol. The summed E-state index contributed by atoms with van der Waals surface area (Å²) in [6, 6.07) is 7.39. The van der Waals surface area contributed by atoms with Crippen LogP contribution in [0.3, 0.4) is 0 Å². The first-order chi connectivity index (χ1) is 8.72. The third kappa shape index (κ3) is 1.86. The smallest absolute Gasteiger partial charge is 0.165 e. The molecule has 0 unspecified atom stereocenters. The number of nitrogen functional groups attached to an aromatic ring is 1. The van der Waals surface area contributed by atoms with Crippen molar-refractivity contribution in [3.63, 3.8) is 0 Å². The van der Waals surface area contributed by atoms with Crippen LogP contribution in [-0.2, 0) is 7.05 Å². The lowest BCUT2D eigenvalue weighted by molar-refractivity contribution is 0.487. The predicted octanol–water partition coefficient (Wildman–Crippen LogP) is 2.34. The minimum atomic E-state index is 0.688. The van der Waals surface area contributed by atoms with Gasteiger partial charge in [0, 0.05) is 24.3 Å². The second-order valence-corrected chi connectivity index (χ2v) is 4.04. The van der Waals surface area contributed by atoms with Gasteiger partial charge in [-0.05, 0) is 24.3 Å². The van der Waals surface area contributed by atoms with Crippen LogP contribution < -0.4 is 10.5 Å². The molecule has 0 aliphatic heterocycles. The molecule has 2 aromatic heterocycles. The summed E-state index contributed by atoms with van der Waals surface area (Å²) < 4.78 is 7.48. The van der Waals surface area contributed by atoms with E-state index >= 15 is 0 Å². The number of ether oxygens (including phenoxy) is 1. The maximum Gasteiger partial charge on any atom is 0.165 e. The van der Waals surface area contributed by atoms with Crippen molar-refractivity contribution in [1.29, 1.82) is 0 Å². The average Bonchev–Trinajstić information content (AvgIpc) is 2.75. The fourth-order valence-corrected chi connectivity index (χ4v) is 1.81. The normalized spacial score (nSPS) is 10.7. The van der Waals surface area contributed by atoms with E-state index in [-0.39, 0.29) is 0 Å². The zero-order chi connectivity index (χ0) is 12.5. The number of benzene rings is 1. The Kier molecular flexibility index (Phi) is 2.37. The number of nitrogens with zero attached hydrogens (tertiary/aromatic N) is 3. The van der Waals surface area contributed by atoms with E-state index in [1.807, 2.05) is 37.5 Å². The third-order valence-corrected chi connectivity index (χ3v) is 2.64. The molecule has 2 N–H and O–H groups in total. The molecule has 5 nitrogen and oxygen atoms in total. The number of hydrogen-bond acceptors (Lipinski definition) is 4. The molecule has 90 valence electrons. The van der Waals surface area contributed by atoms with Gasteiger partial charge in [0.1, 0.15) is 5.75 Å². The molecule has 0 aliphatic carbocycles. The first kappa shape index (κ1) is 10.6. The molecule has 0 bridgehead atoms. The number of pyridine rings is 1. The Balaban J connectivity index is 2.06. The Labute approximate surface area is 104 Å². The molecule has 0 radical (unpaired) electrons. The van der Waals surface area contributed by atoms with Crippen molar-refractivity contribution in [3.8, 4) is 11.5 Å². The number of fused-ring (bicyclic) bond motifs is 1. The minimum Gasteiger partial charge on any atom is -0.453 e. The Morgan fingerprint density at radius 2 is 2.17 bits per heavy atom. The fraction of sp³-hybridized carbons (Fsp3) is 0.0769. The molecule has 3 aromatic rings. The van der Waals surface area contributed by atoms with E-state index in [1.54, 1.807) is 17.1 Å². The first-order valence-corrected chi connectivity index (χ1v) is 5.53. The summed E-state index contributed by atoms with van der Waals surface area (Å²) in [5, 5.41) is 4.99. The molecule has 0 saturated heterocycles. The predicted molar refractivity (Wildman–Crippen MR) is 69.4 cm³/mol. The maximum absolute atomic E-state index is 5.79. The van der Waals surface area contributed by atoms with Crippen LogP contribution in [0.5, 0.6) is 11.5 Å². The molecule has 0 amide bonds. The number of rotatable bonds is 2. The van der Waals surface area contributed by atoms with Gasteiger partial charge in [0.05, 0.1) is 17.9 Å². The number of hydrogen-bond donors (Lipinski definition) is 1. The molecule has 18 heavy (non-hydrogen) atoms. The van der Waals surface area contributed by atoms with Crippen LogP contribution in [0.2, 0.25) is 0 Å². The van der Waals surface area contributed by atoms with Crippen molar-refractivity contribution in [1.82, 2.24) is 14.8 Å². The van der Waals surface area contributed by atoms with Crippen molar-refractivity contribution in [2.45, 2.75) is 0 Å². The summed E-state index contributed by atoms with van der Waals surface area (Å²) in [5.41, 5.74) is 7.24. The molecule has 0 spiro atoms. The number of aryl methyl sites for hydroxylation is 1. The Morgan fingerprint density at radius 1 is 1.28 bits per heavy atom. The summed E-state index contributed by atoms with van der Waals surface area (Å²) in [5.74, 6) is 1.44. The second-order valence-electron chi connectivity index (χ2n) is 4.04. The van der Waals surface area contributed by atoms with Gasteiger partial charge in [0.25, 0.3) is 0 Å². The van der Waals surface area contributed by atoms with Crippen molar-refractivity contribution in [2.24, 2.45) is 7.05 Å². The summed E-state index contributed by atoms with van der Waals surface area (Å²) in [6.07, 6.45) is 5.18. The molecule has 1 aromatic carbocycles. The van der Waals surface area contributed by atoms with E-state index in [0.29, 0.717) is 11.4 Å². The highest BCUT2D eigenvalue weighted by molar-refractivity contribution is 5.87. The quantitative estimate of drug-likeness (QED) is 0.698. The lowest BCUT2D eigenvalue weighted by Crippen LogP contribution is -1.89. The van der Waals surface area contributed by atoms with Gasteiger partial charge >= 0.3 is 0 Å². The molecule has 0 aliphatic rings. The van der Waals surface area contributed by atoms with E-state index in [1.165, 1.54) is 0 Å². The Morgan fingerprint density at radius 3 is 2.94 bits per heavy atom. The molecule has 0 saturated carbocycles. The minimum absolute atomic E-state index is 0.688. The van der Waals surface area contributed by atoms with Gasteiger partial charge in [0.2, 0.25) is 0 Å². The Hall–Kier alpha value is -2.56. The van der Waals surface area contributed by atoms with Crippen LogP contribution in [0.15, 0.2) is 42.9 Å². The summed E-state index contributed by atoms with van der Waals surface area (Å²) >= 11 is 0. The molecule has 5 heteroatoms. The molecule has 0 atom stereocenters. The highest BCUT2D eigenvalue weighted by atomic mass is 16.5. The second kappa shape index (κ2) is 4.03. The number of anilines is 1. The van der Waals surface area contributed by atoms with E-state index in [0.717, 1.165) is 16.7 Å². The van der Waals surface area contributed by atoms with E-state index in [9.17, 15) is 0 Å². The molecular weight excluding hydrogens is 228 g/mol. The Bertz CT molecular complexity index is 705. The summed E-state index contributed by atoms with van der Waals surface area (Å²) in [6.45, 7) is 0. The molecule has 3 rings (SSSR count). The van der Waals surface area contributed by atoms with Gasteiger partial charge in [0.15, 0.2) is 5.75 Å². The van der Waals surface area contributed by atoms with Crippen molar-refractivity contribution in [3.05, 3.63) is 42.9 Å². The molecular formula is C13H12N4O. The zero-order valence-electron chi connectivity index (χ0n) is 9.87. The third-order valence-electron chi connectivity index (χ3n) is 2.64. The SMILES string of the molecule is Cn1cc(Oc2ccnc3cc(N)ccc23)cn1. The van der Waals surface area contributed by atoms with Gasteiger partial charge < -0.3 is 10.5 Å². The van der Waals surface area contributed by atoms with Gasteiger partial charge in [-0.25, -0.2) is 0 Å². The molecule has 2 heterocycles. The fourth-order valence-electron chi connectivity index (χ4n) is 1.81. The highest BCUT2D eigenvalue weighted by Gasteiger charge is 2.05. The van der Waals surface area contributed by atoms with Crippen LogP contribution in [0.4, 0.5) is 5.69 Å². The van der Waals surface area contributed by atoms with Gasteiger partial charge in [-0.2, -0.15) is 5.10 Å². The lowest BCUT2D eigenvalue weighted by Gasteiger charge is -2.06. The van der Waals surface area contributed by atoms with E-state index in [2.05, 4.69) is 10.1 Å². The summed E-state index contributed by atoms with van der Waals surface area (Å²) in [7, 11) is 1.85. The van der Waals surface area contributed by atoms with Crippen molar-refractivity contribution < 1.29 is 4.74 Å². The van der Waals surface area contributed by atoms with E-state index in [4.69, 9.17) is 10.5 Å². The maximum atomic E-state index is 5.79. The highest BCUT2D eigenvalue weighted by Crippen LogP contribution is 2.29. The van der Waals surface area contributed by atoms with Crippen LogP contribution >= 0.6 is 0 Å². The number of nitrogens with two attached hydrogens (primary N) is 1. The van der Waals surface area contributed by atoms with Crippen LogP contribution in [-0.4, -0.2) is 14.8 Å². The average molecular weight is 240 g/mol. The topological polar surface area (TPSA) is 66.0 Å². The number of aromatic nitrogens is 3. The van der Waals surface area contributed by atoms with E-state index < -0.39 is 0 Å². The van der Waals surface area contributed by atoms with Crippen molar-refractivity contribution in [2.75, 3.05) is 5.73 Å². The first-order valence-electron chi connectivity index (χ1n) is 5.53. The summed E-state index contributed by atoms with van der Waals surface area (Å²) in [4.78, 5) is 4.27. The van der Waals surface area contributed by atoms with Crippen LogP contribution in [0.25, 0.3) is 10.9 Å². The van der Waals surface area contributed by atoms with Crippen LogP contribution in [0.1, 0.15) is 0 Å². The van der Waals surface area contributed by atoms with Crippen LogP contribution in [0, 0.1) is 0 Å². The van der Waals surface area contributed by atoms with Gasteiger partial charge in [-0.1, -0.05) is 0 Å². The van der Waals surface area contributed by atoms with Gasteiger partial charge in [-0.15, -0.1) is 0 Å². The standard InChI is InChI=1S/C13H12N4O/c1-17-8-10(7-16-17)18-13-4-5-15-12-6-9(14)2-3-11(12)13/h2-8H,14H2,1H3. The molecule has 0 fully saturated rings. The van der Waals surface area contributed by atoms with Gasteiger partial charge in [-0.3, -0.25) is 9.67 Å². The van der Waals surface area contributed by atoms with Crippen molar-refractivity contribution >= 4 is 16.6 Å². The lowest BCUT2D eigenvalue weighted by atomic mass is 10.2. The zero-order valence-corrected chi connectivity index (χ0v) is 9.87.